The number of aromatic nitrogens is 2. The van der Waals surface area contributed by atoms with E-state index >= 15 is 0 Å². The molecule has 0 atom stereocenters. The summed E-state index contributed by atoms with van der Waals surface area (Å²) in [5, 5.41) is 15.3. The fourth-order valence-corrected chi connectivity index (χ4v) is 2.46. The number of carbonyl (C=O) groups is 1. The van der Waals surface area contributed by atoms with Gasteiger partial charge in [-0.3, -0.25) is 4.79 Å². The van der Waals surface area contributed by atoms with Gasteiger partial charge in [0.25, 0.3) is 0 Å². The Labute approximate surface area is 112 Å². The van der Waals surface area contributed by atoms with Gasteiger partial charge in [0.1, 0.15) is 17.5 Å². The Morgan fingerprint density at radius 2 is 1.89 bits per heavy atom. The molecule has 0 aliphatic heterocycles. The number of nitrogens with zero attached hydrogens (tertiary/aromatic N) is 2. The summed E-state index contributed by atoms with van der Waals surface area (Å²) in [6, 6.07) is 2.17. The molecule has 104 valence electrons. The molecule has 3 N–H and O–H groups in total. The zero-order valence-electron chi connectivity index (χ0n) is 11.3. The average Bonchev–Trinajstić information content (AvgIpc) is 2.38. The third kappa shape index (κ3) is 3.56. The lowest BCUT2D eigenvalue weighted by Crippen LogP contribution is -2.29. The third-order valence-corrected chi connectivity index (χ3v) is 3.52. The number of anilines is 2. The van der Waals surface area contributed by atoms with Crippen LogP contribution < -0.4 is 10.6 Å². The second kappa shape index (κ2) is 5.86. The zero-order chi connectivity index (χ0) is 13.8. The summed E-state index contributed by atoms with van der Waals surface area (Å²) in [4.78, 5) is 19.5. The van der Waals surface area contributed by atoms with Crippen LogP contribution in [0.4, 0.5) is 11.6 Å². The van der Waals surface area contributed by atoms with Crippen molar-refractivity contribution in [1.29, 1.82) is 0 Å². The van der Waals surface area contributed by atoms with Gasteiger partial charge in [-0.05, 0) is 32.6 Å². The number of aliphatic carboxylic acids is 1. The van der Waals surface area contributed by atoms with E-state index in [1.165, 1.54) is 0 Å². The quantitative estimate of drug-likeness (QED) is 0.769. The van der Waals surface area contributed by atoms with Crippen molar-refractivity contribution >= 4 is 17.6 Å². The second-order valence-electron chi connectivity index (χ2n) is 4.97. The largest absolute Gasteiger partial charge is 0.481 e. The second-order valence-corrected chi connectivity index (χ2v) is 4.97. The van der Waals surface area contributed by atoms with E-state index in [0.29, 0.717) is 11.9 Å². The maximum absolute atomic E-state index is 10.9. The van der Waals surface area contributed by atoms with Crippen LogP contribution in [0.15, 0.2) is 6.07 Å². The van der Waals surface area contributed by atoms with Crippen molar-refractivity contribution in [2.24, 2.45) is 5.92 Å². The van der Waals surface area contributed by atoms with Crippen LogP contribution in [-0.4, -0.2) is 34.1 Å². The first-order valence-electron chi connectivity index (χ1n) is 6.61. The molecule has 1 saturated carbocycles. The van der Waals surface area contributed by atoms with Crippen molar-refractivity contribution in [1.82, 2.24) is 9.97 Å². The predicted molar refractivity (Wildman–Crippen MR) is 73.3 cm³/mol. The van der Waals surface area contributed by atoms with Crippen molar-refractivity contribution in [3.05, 3.63) is 11.9 Å². The molecule has 0 spiro atoms. The summed E-state index contributed by atoms with van der Waals surface area (Å²) < 4.78 is 0. The molecule has 0 bridgehead atoms. The van der Waals surface area contributed by atoms with Gasteiger partial charge in [0.2, 0.25) is 0 Å². The van der Waals surface area contributed by atoms with E-state index in [1.807, 2.05) is 20.0 Å². The molecule has 1 aliphatic carbocycles. The maximum atomic E-state index is 10.9. The van der Waals surface area contributed by atoms with E-state index in [-0.39, 0.29) is 5.92 Å². The fraction of sp³-hybridized carbons (Fsp3) is 0.615. The van der Waals surface area contributed by atoms with Crippen molar-refractivity contribution in [2.45, 2.75) is 38.6 Å². The third-order valence-electron chi connectivity index (χ3n) is 3.52. The highest BCUT2D eigenvalue weighted by Crippen LogP contribution is 2.26. The SMILES string of the molecule is CNc1cc(NC2CCC(C(=O)O)CC2)nc(C)n1. The summed E-state index contributed by atoms with van der Waals surface area (Å²) >= 11 is 0. The van der Waals surface area contributed by atoms with Crippen molar-refractivity contribution in [2.75, 3.05) is 17.7 Å². The van der Waals surface area contributed by atoms with Gasteiger partial charge in [0, 0.05) is 19.2 Å². The molecule has 1 aliphatic rings. The number of hydrogen-bond donors (Lipinski definition) is 3. The van der Waals surface area contributed by atoms with Crippen LogP contribution in [0.1, 0.15) is 31.5 Å². The van der Waals surface area contributed by atoms with Crippen LogP contribution in [0, 0.1) is 12.8 Å². The first kappa shape index (κ1) is 13.6. The fourth-order valence-electron chi connectivity index (χ4n) is 2.46. The monoisotopic (exact) mass is 264 g/mol. The first-order valence-corrected chi connectivity index (χ1v) is 6.61. The first-order chi connectivity index (χ1) is 9.08. The van der Waals surface area contributed by atoms with Gasteiger partial charge in [-0.25, -0.2) is 9.97 Å². The molecule has 2 rings (SSSR count). The van der Waals surface area contributed by atoms with Crippen LogP contribution in [0.3, 0.4) is 0 Å². The Morgan fingerprint density at radius 1 is 1.26 bits per heavy atom. The van der Waals surface area contributed by atoms with Crippen LogP contribution in [0.25, 0.3) is 0 Å². The molecule has 0 amide bonds. The Balaban J connectivity index is 1.95. The maximum Gasteiger partial charge on any atom is 0.306 e. The van der Waals surface area contributed by atoms with Gasteiger partial charge in [0.05, 0.1) is 5.92 Å². The number of carboxylic acid groups (broad SMARTS) is 1. The van der Waals surface area contributed by atoms with Crippen LogP contribution in [0.5, 0.6) is 0 Å². The van der Waals surface area contributed by atoms with Crippen LogP contribution in [0.2, 0.25) is 0 Å². The zero-order valence-corrected chi connectivity index (χ0v) is 11.3. The number of rotatable bonds is 4. The van der Waals surface area contributed by atoms with E-state index in [4.69, 9.17) is 5.11 Å². The van der Waals surface area contributed by atoms with Crippen LogP contribution >= 0.6 is 0 Å². The van der Waals surface area contributed by atoms with Gasteiger partial charge >= 0.3 is 5.97 Å². The van der Waals surface area contributed by atoms with Crippen molar-refractivity contribution in [3.63, 3.8) is 0 Å². The van der Waals surface area contributed by atoms with E-state index in [2.05, 4.69) is 20.6 Å². The van der Waals surface area contributed by atoms with E-state index in [1.54, 1.807) is 0 Å². The summed E-state index contributed by atoms with van der Waals surface area (Å²) in [6.07, 6.45) is 3.20. The van der Waals surface area contributed by atoms with Crippen molar-refractivity contribution < 1.29 is 9.90 Å². The number of carboxylic acids is 1. The topological polar surface area (TPSA) is 87.1 Å². The van der Waals surface area contributed by atoms with Gasteiger partial charge < -0.3 is 15.7 Å². The highest BCUT2D eigenvalue weighted by molar-refractivity contribution is 5.70. The molecule has 1 fully saturated rings. The lowest BCUT2D eigenvalue weighted by Gasteiger charge is -2.27. The lowest BCUT2D eigenvalue weighted by molar-refractivity contribution is -0.142. The van der Waals surface area contributed by atoms with Gasteiger partial charge in [-0.15, -0.1) is 0 Å². The summed E-state index contributed by atoms with van der Waals surface area (Å²) in [6.45, 7) is 1.85. The lowest BCUT2D eigenvalue weighted by atomic mass is 9.86. The molecule has 19 heavy (non-hydrogen) atoms. The minimum atomic E-state index is -0.672. The normalized spacial score (nSPS) is 22.8. The Hall–Kier alpha value is -1.85. The minimum absolute atomic E-state index is 0.182. The van der Waals surface area contributed by atoms with Gasteiger partial charge in [0.15, 0.2) is 0 Å². The molecule has 6 heteroatoms. The van der Waals surface area contributed by atoms with E-state index in [9.17, 15) is 4.79 Å². The summed E-state index contributed by atoms with van der Waals surface area (Å²) in [5.41, 5.74) is 0. The van der Waals surface area contributed by atoms with Crippen molar-refractivity contribution in [3.8, 4) is 0 Å². The Kier molecular flexibility index (Phi) is 4.19. The van der Waals surface area contributed by atoms with Gasteiger partial charge in [-0.1, -0.05) is 0 Å². The predicted octanol–water partition coefficient (Wildman–Crippen LogP) is 1.88. The molecule has 0 radical (unpaired) electrons. The Bertz CT molecular complexity index is 456. The summed E-state index contributed by atoms with van der Waals surface area (Å²) in [5.74, 6) is 1.45. The van der Waals surface area contributed by atoms with E-state index in [0.717, 1.165) is 37.3 Å². The average molecular weight is 264 g/mol. The molecular weight excluding hydrogens is 244 g/mol. The molecule has 6 nitrogen and oxygen atoms in total. The molecule has 0 unspecified atom stereocenters. The number of hydrogen-bond acceptors (Lipinski definition) is 5. The number of aryl methyl sites for hydroxylation is 1. The summed E-state index contributed by atoms with van der Waals surface area (Å²) in [7, 11) is 1.82. The van der Waals surface area contributed by atoms with Gasteiger partial charge in [-0.2, -0.15) is 0 Å². The smallest absolute Gasteiger partial charge is 0.306 e. The Morgan fingerprint density at radius 3 is 2.47 bits per heavy atom. The van der Waals surface area contributed by atoms with Crippen LogP contribution in [-0.2, 0) is 4.79 Å². The molecule has 1 heterocycles. The molecule has 1 aromatic heterocycles. The molecule has 0 aromatic carbocycles. The molecule has 1 aromatic rings. The van der Waals surface area contributed by atoms with E-state index < -0.39 is 5.97 Å². The molecular formula is C13H20N4O2. The number of nitrogens with one attached hydrogen (secondary N) is 2. The molecule has 0 saturated heterocycles. The minimum Gasteiger partial charge on any atom is -0.481 e. The highest BCUT2D eigenvalue weighted by Gasteiger charge is 2.25. The standard InChI is InChI=1S/C13H20N4O2/c1-8-15-11(14-2)7-12(16-8)17-10-5-3-9(4-6-10)13(18)19/h7,9-10H,3-6H2,1-2H3,(H,18,19)(H2,14,15,16,17). The highest BCUT2D eigenvalue weighted by atomic mass is 16.4.